The van der Waals surface area contributed by atoms with Crippen molar-refractivity contribution >= 4 is 11.8 Å². The molecule has 0 atom stereocenters. The first kappa shape index (κ1) is 15.3. The van der Waals surface area contributed by atoms with E-state index in [-0.39, 0.29) is 12.4 Å². The van der Waals surface area contributed by atoms with E-state index in [0.717, 1.165) is 16.8 Å². The quantitative estimate of drug-likeness (QED) is 0.533. The molecule has 0 saturated carbocycles. The minimum Gasteiger partial charge on any atom is -0.452 e. The summed E-state index contributed by atoms with van der Waals surface area (Å²) in [5.74, 6) is 0.471. The van der Waals surface area contributed by atoms with Crippen molar-refractivity contribution in [3.63, 3.8) is 0 Å². The molecule has 0 radical (unpaired) electrons. The van der Waals surface area contributed by atoms with Gasteiger partial charge in [-0.25, -0.2) is 9.78 Å². The zero-order valence-corrected chi connectivity index (χ0v) is 13.8. The van der Waals surface area contributed by atoms with Crippen molar-refractivity contribution in [3.05, 3.63) is 76.5 Å². The highest BCUT2D eigenvalue weighted by Crippen LogP contribution is 2.36. The summed E-state index contributed by atoms with van der Waals surface area (Å²) in [7, 11) is 0. The van der Waals surface area contributed by atoms with E-state index >= 15 is 0 Å². The van der Waals surface area contributed by atoms with Crippen LogP contribution in [0.25, 0.3) is 11.1 Å². The molecule has 0 saturated heterocycles. The Kier molecular flexibility index (Phi) is 3.50. The minimum atomic E-state index is -0.514. The third kappa shape index (κ3) is 2.54. The van der Waals surface area contributed by atoms with E-state index in [9.17, 15) is 9.59 Å². The van der Waals surface area contributed by atoms with Crippen LogP contribution in [-0.2, 0) is 11.3 Å². The Morgan fingerprint density at radius 3 is 2.48 bits per heavy atom. The van der Waals surface area contributed by atoms with Gasteiger partial charge >= 0.3 is 5.97 Å². The highest BCUT2D eigenvalue weighted by atomic mass is 16.5. The van der Waals surface area contributed by atoms with Gasteiger partial charge in [0.1, 0.15) is 5.76 Å². The van der Waals surface area contributed by atoms with E-state index in [1.807, 2.05) is 25.1 Å². The summed E-state index contributed by atoms with van der Waals surface area (Å²) in [5.41, 5.74) is 4.03. The molecule has 1 aromatic heterocycles. The molecule has 5 heteroatoms. The van der Waals surface area contributed by atoms with E-state index in [4.69, 9.17) is 9.15 Å². The maximum absolute atomic E-state index is 12.5. The molecule has 2 aromatic carbocycles. The largest absolute Gasteiger partial charge is 0.452 e. The molecule has 0 N–H and O–H groups in total. The molecule has 3 aromatic rings. The van der Waals surface area contributed by atoms with Crippen molar-refractivity contribution in [3.8, 4) is 11.1 Å². The minimum absolute atomic E-state index is 0.0429. The summed E-state index contributed by atoms with van der Waals surface area (Å²) in [5, 5.41) is 0. The lowest BCUT2D eigenvalue weighted by Gasteiger charge is -2.05. The topological polar surface area (TPSA) is 69.4 Å². The Balaban J connectivity index is 1.56. The molecule has 0 spiro atoms. The molecular weight excluding hydrogens is 318 g/mol. The monoisotopic (exact) mass is 333 g/mol. The standard InChI is InChI=1S/C20H15NO4/c1-11-12(2)25-18(21-11)10-24-20(23)13-7-8-15-14-5-3-4-6-16(14)19(22)17(15)9-13/h3-9H,10H2,1-2H3. The maximum Gasteiger partial charge on any atom is 0.338 e. The summed E-state index contributed by atoms with van der Waals surface area (Å²) >= 11 is 0. The smallest absolute Gasteiger partial charge is 0.338 e. The van der Waals surface area contributed by atoms with Crippen LogP contribution in [0.15, 0.2) is 46.9 Å². The zero-order chi connectivity index (χ0) is 17.6. The number of nitrogens with zero attached hydrogens (tertiary/aromatic N) is 1. The number of ketones is 1. The molecule has 1 aliphatic carbocycles. The Bertz CT molecular complexity index is 997. The number of hydrogen-bond donors (Lipinski definition) is 0. The van der Waals surface area contributed by atoms with Gasteiger partial charge in [0.25, 0.3) is 0 Å². The number of esters is 1. The number of rotatable bonds is 3. The van der Waals surface area contributed by atoms with Crippen LogP contribution in [0.3, 0.4) is 0 Å². The molecule has 25 heavy (non-hydrogen) atoms. The number of oxazole rings is 1. The average Bonchev–Trinajstić information content (AvgIpc) is 3.10. The molecule has 0 fully saturated rings. The molecule has 124 valence electrons. The molecule has 0 bridgehead atoms. The number of fused-ring (bicyclic) bond motifs is 3. The Morgan fingerprint density at radius 1 is 1.04 bits per heavy atom. The van der Waals surface area contributed by atoms with E-state index in [2.05, 4.69) is 4.98 Å². The highest BCUT2D eigenvalue weighted by molar-refractivity contribution is 6.22. The predicted molar refractivity (Wildman–Crippen MR) is 90.4 cm³/mol. The van der Waals surface area contributed by atoms with Crippen molar-refractivity contribution in [1.29, 1.82) is 0 Å². The first-order chi connectivity index (χ1) is 12.0. The molecule has 5 nitrogen and oxygen atoms in total. The lowest BCUT2D eigenvalue weighted by atomic mass is 10.0. The molecular formula is C20H15NO4. The van der Waals surface area contributed by atoms with Crippen molar-refractivity contribution in [1.82, 2.24) is 4.98 Å². The number of aromatic nitrogens is 1. The van der Waals surface area contributed by atoms with Crippen LogP contribution < -0.4 is 0 Å². The number of carbonyl (C=O) groups is 2. The maximum atomic E-state index is 12.5. The molecule has 1 heterocycles. The van der Waals surface area contributed by atoms with Crippen LogP contribution in [0, 0.1) is 13.8 Å². The fourth-order valence-corrected chi connectivity index (χ4v) is 2.97. The molecule has 0 amide bonds. The SMILES string of the molecule is Cc1nc(COC(=O)c2ccc3c(c2)C(=O)c2ccccc2-3)oc1C. The molecule has 1 aliphatic rings. The van der Waals surface area contributed by atoms with Crippen LogP contribution in [0.2, 0.25) is 0 Å². The number of aryl methyl sites for hydroxylation is 2. The summed E-state index contributed by atoms with van der Waals surface area (Å²) in [6.07, 6.45) is 0. The Hall–Kier alpha value is -3.21. The normalized spacial score (nSPS) is 12.0. The van der Waals surface area contributed by atoms with E-state index in [0.29, 0.717) is 28.3 Å². The summed E-state index contributed by atoms with van der Waals surface area (Å²) < 4.78 is 10.6. The van der Waals surface area contributed by atoms with Crippen molar-refractivity contribution in [2.45, 2.75) is 20.5 Å². The van der Waals surface area contributed by atoms with E-state index < -0.39 is 5.97 Å². The van der Waals surface area contributed by atoms with Gasteiger partial charge in [0, 0.05) is 11.1 Å². The van der Waals surface area contributed by atoms with Crippen molar-refractivity contribution < 1.29 is 18.7 Å². The highest BCUT2D eigenvalue weighted by Gasteiger charge is 2.27. The van der Waals surface area contributed by atoms with Crippen LogP contribution >= 0.6 is 0 Å². The van der Waals surface area contributed by atoms with E-state index in [1.54, 1.807) is 31.2 Å². The van der Waals surface area contributed by atoms with E-state index in [1.165, 1.54) is 0 Å². The fraction of sp³-hybridized carbons (Fsp3) is 0.150. The third-order valence-electron chi connectivity index (χ3n) is 4.36. The summed E-state index contributed by atoms with van der Waals surface area (Å²) in [4.78, 5) is 29.0. The fourth-order valence-electron chi connectivity index (χ4n) is 2.97. The molecule has 0 unspecified atom stereocenters. The van der Waals surface area contributed by atoms with Crippen molar-refractivity contribution in [2.24, 2.45) is 0 Å². The number of carbonyl (C=O) groups excluding carboxylic acids is 2. The zero-order valence-electron chi connectivity index (χ0n) is 13.8. The first-order valence-electron chi connectivity index (χ1n) is 7.93. The van der Waals surface area contributed by atoms with Crippen LogP contribution in [0.1, 0.15) is 43.6 Å². The number of hydrogen-bond acceptors (Lipinski definition) is 5. The Labute approximate surface area is 144 Å². The van der Waals surface area contributed by atoms with Gasteiger partial charge in [-0.2, -0.15) is 0 Å². The summed E-state index contributed by atoms with van der Waals surface area (Å²) in [6, 6.07) is 12.5. The number of benzene rings is 2. The van der Waals surface area contributed by atoms with Gasteiger partial charge < -0.3 is 9.15 Å². The first-order valence-corrected chi connectivity index (χ1v) is 7.93. The van der Waals surface area contributed by atoms with Gasteiger partial charge in [-0.05, 0) is 37.1 Å². The van der Waals surface area contributed by atoms with Gasteiger partial charge in [-0.15, -0.1) is 0 Å². The second kappa shape index (κ2) is 5.70. The van der Waals surface area contributed by atoms with Gasteiger partial charge in [-0.1, -0.05) is 30.3 Å². The van der Waals surface area contributed by atoms with Crippen molar-refractivity contribution in [2.75, 3.05) is 0 Å². The van der Waals surface area contributed by atoms with Gasteiger partial charge in [-0.3, -0.25) is 4.79 Å². The summed E-state index contributed by atoms with van der Waals surface area (Å²) in [6.45, 7) is 3.59. The third-order valence-corrected chi connectivity index (χ3v) is 4.36. The lowest BCUT2D eigenvalue weighted by Crippen LogP contribution is -2.07. The van der Waals surface area contributed by atoms with Gasteiger partial charge in [0.15, 0.2) is 12.4 Å². The second-order valence-electron chi connectivity index (χ2n) is 5.96. The number of ether oxygens (including phenoxy) is 1. The lowest BCUT2D eigenvalue weighted by molar-refractivity contribution is 0.0437. The van der Waals surface area contributed by atoms with Crippen LogP contribution in [0.4, 0.5) is 0 Å². The average molecular weight is 333 g/mol. The second-order valence-corrected chi connectivity index (χ2v) is 5.96. The molecule has 0 aliphatic heterocycles. The van der Waals surface area contributed by atoms with Gasteiger partial charge in [0.05, 0.1) is 11.3 Å². The van der Waals surface area contributed by atoms with Gasteiger partial charge in [0.2, 0.25) is 5.89 Å². The Morgan fingerprint density at radius 2 is 1.76 bits per heavy atom. The molecule has 4 rings (SSSR count). The predicted octanol–water partition coefficient (Wildman–Crippen LogP) is 3.86. The van der Waals surface area contributed by atoms with Crippen LogP contribution in [-0.4, -0.2) is 16.7 Å². The van der Waals surface area contributed by atoms with Crippen LogP contribution in [0.5, 0.6) is 0 Å².